The lowest BCUT2D eigenvalue weighted by atomic mass is 10.2. The largest absolute Gasteiger partial charge is 0.236 e. The molecule has 0 aromatic rings. The summed E-state index contributed by atoms with van der Waals surface area (Å²) >= 11 is 0. The highest BCUT2D eigenvalue weighted by atomic mass is 32.2. The third kappa shape index (κ3) is 1.91. The van der Waals surface area contributed by atoms with Crippen molar-refractivity contribution in [2.75, 3.05) is 7.05 Å². The third-order valence-electron chi connectivity index (χ3n) is 1.43. The Balaban J connectivity index is 2.91. The van der Waals surface area contributed by atoms with Gasteiger partial charge >= 0.3 is 0 Å². The molecular weight excluding hydrogens is 162 g/mol. The third-order valence-corrected chi connectivity index (χ3v) is 2.89. The van der Waals surface area contributed by atoms with E-state index in [0.29, 0.717) is 11.3 Å². The van der Waals surface area contributed by atoms with E-state index in [2.05, 4.69) is 4.72 Å². The van der Waals surface area contributed by atoms with Crippen molar-refractivity contribution in [2.45, 2.75) is 6.42 Å². The fourth-order valence-corrected chi connectivity index (χ4v) is 1.62. The number of allylic oxidation sites excluding steroid dienone is 4. The van der Waals surface area contributed by atoms with Gasteiger partial charge in [0, 0.05) is 6.42 Å². The van der Waals surface area contributed by atoms with Gasteiger partial charge in [0.15, 0.2) is 0 Å². The van der Waals surface area contributed by atoms with Gasteiger partial charge < -0.3 is 0 Å². The number of rotatable bonds is 2. The van der Waals surface area contributed by atoms with Crippen molar-refractivity contribution in [1.82, 2.24) is 4.72 Å². The summed E-state index contributed by atoms with van der Waals surface area (Å²) in [6.45, 7) is 0. The molecule has 0 amide bonds. The fraction of sp³-hybridized carbons (Fsp3) is 0.286. The fourth-order valence-electron chi connectivity index (χ4n) is 0.811. The maximum Gasteiger partial charge on any atom is 0.236 e. The number of hydrogen-bond acceptors (Lipinski definition) is 2. The Bertz CT molecular complexity index is 288. The minimum absolute atomic E-state index is 0.350. The van der Waals surface area contributed by atoms with E-state index in [1.165, 1.54) is 7.05 Å². The first-order valence-electron chi connectivity index (χ1n) is 3.30. The van der Waals surface area contributed by atoms with Crippen LogP contribution in [0.25, 0.3) is 0 Å². The van der Waals surface area contributed by atoms with Crippen LogP contribution in [0, 0.1) is 6.42 Å². The van der Waals surface area contributed by atoms with Crippen molar-refractivity contribution in [3.63, 3.8) is 0 Å². The average molecular weight is 172 g/mol. The molecule has 1 N–H and O–H groups in total. The van der Waals surface area contributed by atoms with Gasteiger partial charge in [-0.2, -0.15) is 0 Å². The highest BCUT2D eigenvalue weighted by molar-refractivity contribution is 7.93. The maximum absolute atomic E-state index is 11.1. The molecule has 0 aromatic carbocycles. The molecule has 0 unspecified atom stereocenters. The second-order valence-corrected chi connectivity index (χ2v) is 4.03. The Morgan fingerprint density at radius 1 is 1.55 bits per heavy atom. The van der Waals surface area contributed by atoms with Crippen molar-refractivity contribution >= 4 is 10.0 Å². The average Bonchev–Trinajstić information content (AvgIpc) is 2.06. The van der Waals surface area contributed by atoms with Gasteiger partial charge in [0.1, 0.15) is 0 Å². The van der Waals surface area contributed by atoms with Crippen molar-refractivity contribution in [1.29, 1.82) is 0 Å². The zero-order chi connectivity index (χ0) is 8.32. The van der Waals surface area contributed by atoms with Gasteiger partial charge in [-0.1, -0.05) is 12.2 Å². The summed E-state index contributed by atoms with van der Waals surface area (Å²) in [6, 6.07) is 0. The summed E-state index contributed by atoms with van der Waals surface area (Å²) < 4.78 is 24.5. The molecule has 3 nitrogen and oxygen atoms in total. The lowest BCUT2D eigenvalue weighted by molar-refractivity contribution is 0.594. The van der Waals surface area contributed by atoms with E-state index in [-0.39, 0.29) is 0 Å². The smallest absolute Gasteiger partial charge is 0.215 e. The first-order chi connectivity index (χ1) is 5.17. The lowest BCUT2D eigenvalue weighted by Gasteiger charge is -2.07. The molecule has 1 aliphatic carbocycles. The monoisotopic (exact) mass is 172 g/mol. The molecule has 4 heteroatoms. The predicted octanol–water partition coefficient (Wildman–Crippen LogP) is 0.584. The Labute approximate surface area is 66.9 Å². The molecule has 0 fully saturated rings. The van der Waals surface area contributed by atoms with Gasteiger partial charge in [-0.25, -0.2) is 13.1 Å². The summed E-state index contributed by atoms with van der Waals surface area (Å²) in [4.78, 5) is 0.350. The zero-order valence-corrected chi connectivity index (χ0v) is 7.06. The predicted molar refractivity (Wildman–Crippen MR) is 44.1 cm³/mol. The van der Waals surface area contributed by atoms with Crippen LogP contribution in [0.2, 0.25) is 0 Å². The van der Waals surface area contributed by atoms with Crippen molar-refractivity contribution in [3.05, 3.63) is 29.6 Å². The van der Waals surface area contributed by atoms with E-state index in [0.717, 1.165) is 0 Å². The van der Waals surface area contributed by atoms with Gasteiger partial charge in [0.05, 0.1) is 4.91 Å². The van der Waals surface area contributed by atoms with E-state index in [1.54, 1.807) is 18.6 Å². The first-order valence-corrected chi connectivity index (χ1v) is 4.79. The molecule has 0 saturated heterocycles. The standard InChI is InChI=1S/C7H10NO2S/c1-8-11(9,10)7-5-3-2-4-6-7/h2-3,5-6,8H,4H2,1H3. The van der Waals surface area contributed by atoms with Crippen LogP contribution in [0.1, 0.15) is 6.42 Å². The summed E-state index contributed by atoms with van der Waals surface area (Å²) in [5, 5.41) is 0. The van der Waals surface area contributed by atoms with Crippen LogP contribution in [0.3, 0.4) is 0 Å². The van der Waals surface area contributed by atoms with Gasteiger partial charge in [0.2, 0.25) is 10.0 Å². The lowest BCUT2D eigenvalue weighted by Crippen LogP contribution is -2.21. The van der Waals surface area contributed by atoms with Gasteiger partial charge in [-0.15, -0.1) is 0 Å². The minimum Gasteiger partial charge on any atom is -0.215 e. The van der Waals surface area contributed by atoms with Gasteiger partial charge in [-0.05, 0) is 19.5 Å². The van der Waals surface area contributed by atoms with Crippen LogP contribution in [0.15, 0.2) is 23.1 Å². The van der Waals surface area contributed by atoms with E-state index in [9.17, 15) is 8.42 Å². The summed E-state index contributed by atoms with van der Waals surface area (Å²) in [5.74, 6) is 0. The molecule has 0 atom stereocenters. The first kappa shape index (κ1) is 8.49. The molecule has 1 radical (unpaired) electrons. The Morgan fingerprint density at radius 2 is 2.27 bits per heavy atom. The molecule has 0 spiro atoms. The number of nitrogens with one attached hydrogen (secondary N) is 1. The summed E-state index contributed by atoms with van der Waals surface area (Å²) in [6.07, 6.45) is 7.58. The highest BCUT2D eigenvalue weighted by Gasteiger charge is 2.14. The van der Waals surface area contributed by atoms with Crippen molar-refractivity contribution in [3.8, 4) is 0 Å². The number of sulfonamides is 1. The van der Waals surface area contributed by atoms with Crippen molar-refractivity contribution < 1.29 is 8.42 Å². The molecule has 1 aliphatic rings. The molecule has 61 valence electrons. The highest BCUT2D eigenvalue weighted by Crippen LogP contribution is 2.14. The van der Waals surface area contributed by atoms with Crippen LogP contribution in [-0.2, 0) is 10.0 Å². The molecule has 0 aliphatic heterocycles. The van der Waals surface area contributed by atoms with E-state index < -0.39 is 10.0 Å². The molecule has 0 saturated carbocycles. The normalized spacial score (nSPS) is 18.1. The van der Waals surface area contributed by atoms with Gasteiger partial charge in [0.25, 0.3) is 0 Å². The maximum atomic E-state index is 11.1. The van der Waals surface area contributed by atoms with Gasteiger partial charge in [-0.3, -0.25) is 0 Å². The SMILES string of the molecule is CNS(=O)(=O)C1=CC=CC[CH]1. The minimum atomic E-state index is -3.22. The summed E-state index contributed by atoms with van der Waals surface area (Å²) in [7, 11) is -1.81. The molecule has 0 aromatic heterocycles. The van der Waals surface area contributed by atoms with E-state index >= 15 is 0 Å². The zero-order valence-electron chi connectivity index (χ0n) is 6.24. The van der Waals surface area contributed by atoms with Crippen LogP contribution in [-0.4, -0.2) is 15.5 Å². The second kappa shape index (κ2) is 3.19. The molecule has 11 heavy (non-hydrogen) atoms. The van der Waals surface area contributed by atoms with Crippen LogP contribution in [0.5, 0.6) is 0 Å². The van der Waals surface area contributed by atoms with E-state index in [4.69, 9.17) is 0 Å². The second-order valence-electron chi connectivity index (χ2n) is 2.14. The molecular formula is C7H10NO2S. The van der Waals surface area contributed by atoms with Crippen LogP contribution < -0.4 is 4.72 Å². The Hall–Kier alpha value is -0.610. The molecule has 0 bridgehead atoms. The summed E-state index contributed by atoms with van der Waals surface area (Å²) in [5.41, 5.74) is 0. The van der Waals surface area contributed by atoms with Crippen molar-refractivity contribution in [2.24, 2.45) is 0 Å². The Morgan fingerprint density at radius 3 is 2.73 bits per heavy atom. The number of hydrogen-bond donors (Lipinski definition) is 1. The van der Waals surface area contributed by atoms with Crippen LogP contribution in [0.4, 0.5) is 0 Å². The Kier molecular flexibility index (Phi) is 2.46. The molecule has 1 rings (SSSR count). The molecule has 0 heterocycles. The van der Waals surface area contributed by atoms with E-state index in [1.807, 2.05) is 6.08 Å². The quantitative estimate of drug-likeness (QED) is 0.662. The topological polar surface area (TPSA) is 46.2 Å². The van der Waals surface area contributed by atoms with Crippen LogP contribution >= 0.6 is 0 Å².